The molecule has 2 heteroatoms. The molecule has 0 atom stereocenters. The summed E-state index contributed by atoms with van der Waals surface area (Å²) in [6.07, 6.45) is 13.7. The van der Waals surface area contributed by atoms with Crippen molar-refractivity contribution in [3.63, 3.8) is 0 Å². The summed E-state index contributed by atoms with van der Waals surface area (Å²) < 4.78 is 0. The first kappa shape index (κ1) is 14.0. The molecule has 0 heterocycles. The Balaban J connectivity index is 1.77. The van der Waals surface area contributed by atoms with E-state index in [4.69, 9.17) is 7.85 Å². The molecule has 1 N–H and O–H groups in total. The van der Waals surface area contributed by atoms with Crippen molar-refractivity contribution in [2.24, 2.45) is 0 Å². The van der Waals surface area contributed by atoms with E-state index in [2.05, 4.69) is 23.5 Å². The molecule has 0 amide bonds. The van der Waals surface area contributed by atoms with Crippen LogP contribution in [0.25, 0.3) is 0 Å². The van der Waals surface area contributed by atoms with Gasteiger partial charge in [0.25, 0.3) is 0 Å². The average Bonchev–Trinajstić information content (AvgIpc) is 2.51. The molecule has 0 saturated heterocycles. The quantitative estimate of drug-likeness (QED) is 0.806. The number of hydrogen-bond acceptors (Lipinski definition) is 1. The molecule has 2 saturated carbocycles. The van der Waals surface area contributed by atoms with E-state index in [1.807, 2.05) is 0 Å². The molecule has 2 fully saturated rings. The van der Waals surface area contributed by atoms with E-state index < -0.39 is 0 Å². The summed E-state index contributed by atoms with van der Waals surface area (Å²) in [6.45, 7) is 0. The monoisotopic (exact) mass is 267 g/mol. The summed E-state index contributed by atoms with van der Waals surface area (Å²) in [7, 11) is 6.04. The number of hydrogen-bond donors (Lipinski definition) is 1. The Kier molecular flexibility index (Phi) is 4.70. The molecule has 106 valence electrons. The fraction of sp³-hybridized carbons (Fsp3) is 0.667. The Labute approximate surface area is 125 Å². The summed E-state index contributed by atoms with van der Waals surface area (Å²) in [5.74, 6) is 0.721. The maximum atomic E-state index is 6.04. The lowest BCUT2D eigenvalue weighted by Gasteiger charge is -2.29. The van der Waals surface area contributed by atoms with Crippen molar-refractivity contribution in [2.45, 2.75) is 76.2 Å². The first-order valence-electron chi connectivity index (χ1n) is 8.49. The summed E-state index contributed by atoms with van der Waals surface area (Å²) >= 11 is 0. The second-order valence-corrected chi connectivity index (χ2v) is 6.66. The lowest BCUT2D eigenvalue weighted by Crippen LogP contribution is -2.24. The SMILES string of the molecule is [B]c1ccc(NC2CCCCC2)c(C2CCCCC2)c1. The smallest absolute Gasteiger partial charge is 0.113 e. The third-order valence-corrected chi connectivity index (χ3v) is 5.09. The zero-order valence-corrected chi connectivity index (χ0v) is 12.5. The fourth-order valence-electron chi connectivity index (χ4n) is 3.93. The number of nitrogens with one attached hydrogen (secondary N) is 1. The lowest BCUT2D eigenvalue weighted by molar-refractivity contribution is 0.441. The summed E-state index contributed by atoms with van der Waals surface area (Å²) in [4.78, 5) is 0. The fourth-order valence-corrected chi connectivity index (χ4v) is 3.93. The van der Waals surface area contributed by atoms with Crippen LogP contribution in [0.4, 0.5) is 5.69 Å². The predicted octanol–water partition coefficient (Wildman–Crippen LogP) is 4.27. The third-order valence-electron chi connectivity index (χ3n) is 5.09. The maximum absolute atomic E-state index is 6.04. The molecular weight excluding hydrogens is 241 g/mol. The second kappa shape index (κ2) is 6.69. The van der Waals surface area contributed by atoms with Crippen LogP contribution in [-0.2, 0) is 0 Å². The molecule has 0 spiro atoms. The summed E-state index contributed by atoms with van der Waals surface area (Å²) in [6, 6.07) is 7.17. The topological polar surface area (TPSA) is 12.0 Å². The van der Waals surface area contributed by atoms with Gasteiger partial charge in [0.2, 0.25) is 0 Å². The lowest BCUT2D eigenvalue weighted by atomic mass is 9.80. The van der Waals surface area contributed by atoms with Crippen molar-refractivity contribution >= 4 is 19.0 Å². The Hall–Kier alpha value is -0.915. The van der Waals surface area contributed by atoms with E-state index in [0.29, 0.717) is 6.04 Å². The van der Waals surface area contributed by atoms with Gasteiger partial charge in [-0.3, -0.25) is 0 Å². The van der Waals surface area contributed by atoms with Gasteiger partial charge in [-0.15, -0.1) is 0 Å². The van der Waals surface area contributed by atoms with E-state index in [-0.39, 0.29) is 0 Å². The van der Waals surface area contributed by atoms with Crippen LogP contribution < -0.4 is 10.8 Å². The minimum Gasteiger partial charge on any atom is -0.382 e. The Morgan fingerprint density at radius 1 is 0.850 bits per heavy atom. The van der Waals surface area contributed by atoms with Crippen molar-refractivity contribution in [1.82, 2.24) is 0 Å². The minimum absolute atomic E-state index is 0.676. The molecule has 2 radical (unpaired) electrons. The third kappa shape index (κ3) is 3.39. The molecule has 0 aliphatic heterocycles. The van der Waals surface area contributed by atoms with Crippen molar-refractivity contribution in [3.8, 4) is 0 Å². The normalized spacial score (nSPS) is 21.8. The Morgan fingerprint density at radius 3 is 2.20 bits per heavy atom. The molecule has 0 aromatic heterocycles. The van der Waals surface area contributed by atoms with Gasteiger partial charge in [-0.05, 0) is 43.2 Å². The molecule has 1 nitrogen and oxygen atoms in total. The Bertz CT molecular complexity index is 431. The summed E-state index contributed by atoms with van der Waals surface area (Å²) in [5, 5.41) is 3.82. The molecule has 1 aromatic rings. The van der Waals surface area contributed by atoms with Gasteiger partial charge in [0.1, 0.15) is 7.85 Å². The summed E-state index contributed by atoms with van der Waals surface area (Å²) in [5.41, 5.74) is 3.76. The van der Waals surface area contributed by atoms with Gasteiger partial charge in [-0.1, -0.05) is 56.1 Å². The van der Waals surface area contributed by atoms with Crippen LogP contribution >= 0.6 is 0 Å². The van der Waals surface area contributed by atoms with E-state index in [0.717, 1.165) is 11.4 Å². The van der Waals surface area contributed by atoms with E-state index in [1.165, 1.54) is 75.5 Å². The van der Waals surface area contributed by atoms with Crippen molar-refractivity contribution in [2.75, 3.05) is 5.32 Å². The first-order valence-corrected chi connectivity index (χ1v) is 8.49. The molecule has 1 aromatic carbocycles. The number of anilines is 1. The van der Waals surface area contributed by atoms with E-state index in [9.17, 15) is 0 Å². The zero-order valence-electron chi connectivity index (χ0n) is 12.5. The van der Waals surface area contributed by atoms with Crippen LogP contribution in [0.2, 0.25) is 0 Å². The van der Waals surface area contributed by atoms with Crippen LogP contribution in [0.5, 0.6) is 0 Å². The van der Waals surface area contributed by atoms with Crippen LogP contribution in [0, 0.1) is 0 Å². The highest BCUT2D eigenvalue weighted by Crippen LogP contribution is 2.36. The van der Waals surface area contributed by atoms with Crippen LogP contribution in [0.3, 0.4) is 0 Å². The van der Waals surface area contributed by atoms with Gasteiger partial charge in [0.05, 0.1) is 0 Å². The van der Waals surface area contributed by atoms with Gasteiger partial charge in [0.15, 0.2) is 0 Å². The van der Waals surface area contributed by atoms with Gasteiger partial charge in [-0.25, -0.2) is 0 Å². The maximum Gasteiger partial charge on any atom is 0.113 e. The van der Waals surface area contributed by atoms with Crippen molar-refractivity contribution < 1.29 is 0 Å². The molecule has 2 aliphatic carbocycles. The molecule has 0 bridgehead atoms. The average molecular weight is 267 g/mol. The zero-order chi connectivity index (χ0) is 13.8. The highest BCUT2D eigenvalue weighted by Gasteiger charge is 2.20. The highest BCUT2D eigenvalue weighted by atomic mass is 14.9. The highest BCUT2D eigenvalue weighted by molar-refractivity contribution is 6.32. The van der Waals surface area contributed by atoms with Gasteiger partial charge in [-0.2, -0.15) is 0 Å². The predicted molar refractivity (Wildman–Crippen MR) is 88.2 cm³/mol. The van der Waals surface area contributed by atoms with Crippen LogP contribution in [0.1, 0.15) is 75.7 Å². The minimum atomic E-state index is 0.676. The molecule has 20 heavy (non-hydrogen) atoms. The van der Waals surface area contributed by atoms with Crippen LogP contribution in [-0.4, -0.2) is 13.9 Å². The number of benzene rings is 1. The van der Waals surface area contributed by atoms with Gasteiger partial charge >= 0.3 is 0 Å². The Morgan fingerprint density at radius 2 is 1.50 bits per heavy atom. The van der Waals surface area contributed by atoms with E-state index in [1.54, 1.807) is 0 Å². The molecular formula is C18H26BN. The molecule has 0 unspecified atom stereocenters. The van der Waals surface area contributed by atoms with Crippen LogP contribution in [0.15, 0.2) is 18.2 Å². The second-order valence-electron chi connectivity index (χ2n) is 6.66. The molecule has 3 rings (SSSR count). The first-order chi connectivity index (χ1) is 9.83. The van der Waals surface area contributed by atoms with Gasteiger partial charge in [0, 0.05) is 11.7 Å². The van der Waals surface area contributed by atoms with Crippen molar-refractivity contribution in [1.29, 1.82) is 0 Å². The number of rotatable bonds is 3. The largest absolute Gasteiger partial charge is 0.382 e. The standard InChI is InChI=1S/C18H26BN/c19-15-11-12-18(20-16-9-5-2-6-10-16)17(13-15)14-7-3-1-4-8-14/h11-14,16,20H,1-10H2. The van der Waals surface area contributed by atoms with Gasteiger partial charge < -0.3 is 5.32 Å². The molecule has 2 aliphatic rings. The van der Waals surface area contributed by atoms with E-state index >= 15 is 0 Å². The van der Waals surface area contributed by atoms with Crippen molar-refractivity contribution in [3.05, 3.63) is 23.8 Å².